The number of benzene rings is 1. The van der Waals surface area contributed by atoms with E-state index in [-0.39, 0.29) is 5.54 Å². The molecule has 0 atom stereocenters. The summed E-state index contributed by atoms with van der Waals surface area (Å²) in [5.41, 5.74) is 4.17. The summed E-state index contributed by atoms with van der Waals surface area (Å²) in [7, 11) is 2.13. The lowest BCUT2D eigenvalue weighted by atomic mass is 10.00. The summed E-state index contributed by atoms with van der Waals surface area (Å²) >= 11 is 5.99. The third-order valence-corrected chi connectivity index (χ3v) is 4.05. The lowest BCUT2D eigenvalue weighted by molar-refractivity contribution is 0.170. The van der Waals surface area contributed by atoms with E-state index in [1.54, 1.807) is 0 Å². The Bertz CT molecular complexity index is 338. The molecule has 0 aliphatic carbocycles. The number of alkyl halides is 1. The molecule has 16 heavy (non-hydrogen) atoms. The quantitative estimate of drug-likeness (QED) is 0.724. The van der Waals surface area contributed by atoms with Gasteiger partial charge in [0, 0.05) is 18.0 Å². The molecule has 0 bridgehead atoms. The molecular weight excluding hydrogens is 218 g/mol. The van der Waals surface area contributed by atoms with Crippen LogP contribution in [0, 0.1) is 13.8 Å². The number of aryl methyl sites for hydroxylation is 2. The summed E-state index contributed by atoms with van der Waals surface area (Å²) in [6, 6.07) is 6.45. The molecule has 0 heterocycles. The van der Waals surface area contributed by atoms with Gasteiger partial charge < -0.3 is 0 Å². The molecule has 0 radical (unpaired) electrons. The lowest BCUT2D eigenvalue weighted by Gasteiger charge is -2.34. The summed E-state index contributed by atoms with van der Waals surface area (Å²) in [6.07, 6.45) is 0. The van der Waals surface area contributed by atoms with Gasteiger partial charge in [0.1, 0.15) is 0 Å². The van der Waals surface area contributed by atoms with E-state index in [9.17, 15) is 0 Å². The van der Waals surface area contributed by atoms with E-state index in [1.165, 1.54) is 16.7 Å². The van der Waals surface area contributed by atoms with E-state index in [2.05, 4.69) is 57.8 Å². The molecular formula is C14H22ClN. The Hall–Kier alpha value is -0.530. The minimum absolute atomic E-state index is 0.0380. The van der Waals surface area contributed by atoms with Gasteiger partial charge in [0.15, 0.2) is 0 Å². The number of halogens is 1. The number of nitrogens with zero attached hydrogens (tertiary/aromatic N) is 1. The molecule has 0 aromatic heterocycles. The van der Waals surface area contributed by atoms with Crippen LogP contribution in [0.15, 0.2) is 18.2 Å². The molecule has 2 heteroatoms. The van der Waals surface area contributed by atoms with Crippen molar-refractivity contribution in [2.75, 3.05) is 12.9 Å². The van der Waals surface area contributed by atoms with Crippen molar-refractivity contribution in [3.05, 3.63) is 34.9 Å². The van der Waals surface area contributed by atoms with Gasteiger partial charge in [0.2, 0.25) is 0 Å². The molecule has 0 unspecified atom stereocenters. The lowest BCUT2D eigenvalue weighted by Crippen LogP contribution is -2.42. The molecule has 1 aromatic carbocycles. The van der Waals surface area contributed by atoms with Gasteiger partial charge in [-0.05, 0) is 51.4 Å². The van der Waals surface area contributed by atoms with Gasteiger partial charge in [-0.2, -0.15) is 0 Å². The summed E-state index contributed by atoms with van der Waals surface area (Å²) in [6.45, 7) is 9.65. The van der Waals surface area contributed by atoms with E-state index in [4.69, 9.17) is 11.6 Å². The predicted molar refractivity (Wildman–Crippen MR) is 72.2 cm³/mol. The zero-order chi connectivity index (χ0) is 12.3. The molecule has 90 valence electrons. The highest BCUT2D eigenvalue weighted by Gasteiger charge is 2.22. The van der Waals surface area contributed by atoms with Crippen molar-refractivity contribution >= 4 is 11.6 Å². The Morgan fingerprint density at radius 2 is 1.69 bits per heavy atom. The molecule has 0 N–H and O–H groups in total. The minimum Gasteiger partial charge on any atom is -0.296 e. The number of rotatable bonds is 4. The number of hydrogen-bond donors (Lipinski definition) is 0. The van der Waals surface area contributed by atoms with E-state index in [0.29, 0.717) is 5.88 Å². The van der Waals surface area contributed by atoms with Crippen molar-refractivity contribution in [2.45, 2.75) is 39.8 Å². The second-order valence-corrected chi connectivity index (χ2v) is 5.44. The van der Waals surface area contributed by atoms with Gasteiger partial charge in [-0.25, -0.2) is 0 Å². The Kier molecular flexibility index (Phi) is 4.40. The minimum atomic E-state index is 0.0380. The van der Waals surface area contributed by atoms with E-state index >= 15 is 0 Å². The van der Waals surface area contributed by atoms with Crippen LogP contribution in [0.2, 0.25) is 0 Å². The van der Waals surface area contributed by atoms with Crippen LogP contribution in [0.25, 0.3) is 0 Å². The predicted octanol–water partition coefficient (Wildman–Crippen LogP) is 3.75. The Balaban J connectivity index is 2.89. The first-order chi connectivity index (χ1) is 7.38. The van der Waals surface area contributed by atoms with Crippen LogP contribution in [-0.4, -0.2) is 23.4 Å². The molecule has 0 aliphatic rings. The maximum absolute atomic E-state index is 5.99. The number of hydrogen-bond acceptors (Lipinski definition) is 1. The standard InChI is InChI=1S/C14H22ClN/c1-11-7-6-8-12(2)13(11)9-16(5)14(3,4)10-15/h6-8H,9-10H2,1-5H3. The van der Waals surface area contributed by atoms with E-state index in [0.717, 1.165) is 6.54 Å². The molecule has 1 rings (SSSR count). The molecule has 0 fully saturated rings. The van der Waals surface area contributed by atoms with Crippen LogP contribution < -0.4 is 0 Å². The molecule has 0 spiro atoms. The topological polar surface area (TPSA) is 3.24 Å². The zero-order valence-corrected chi connectivity index (χ0v) is 11.7. The summed E-state index contributed by atoms with van der Waals surface area (Å²) in [4.78, 5) is 2.31. The summed E-state index contributed by atoms with van der Waals surface area (Å²) < 4.78 is 0. The molecule has 0 amide bonds. The van der Waals surface area contributed by atoms with Gasteiger partial charge in [-0.3, -0.25) is 4.90 Å². The fourth-order valence-electron chi connectivity index (χ4n) is 1.65. The summed E-state index contributed by atoms with van der Waals surface area (Å²) in [5.74, 6) is 0.647. The molecule has 0 aliphatic heterocycles. The second-order valence-electron chi connectivity index (χ2n) is 5.17. The highest BCUT2D eigenvalue weighted by molar-refractivity contribution is 6.18. The van der Waals surface area contributed by atoms with Crippen LogP contribution in [0.1, 0.15) is 30.5 Å². The Morgan fingerprint density at radius 3 is 2.12 bits per heavy atom. The van der Waals surface area contributed by atoms with Gasteiger partial charge in [-0.15, -0.1) is 11.6 Å². The van der Waals surface area contributed by atoms with Crippen LogP contribution in [0.3, 0.4) is 0 Å². The Morgan fingerprint density at radius 1 is 1.19 bits per heavy atom. The van der Waals surface area contributed by atoms with Crippen molar-refractivity contribution < 1.29 is 0 Å². The first kappa shape index (κ1) is 13.5. The maximum atomic E-state index is 5.99. The van der Waals surface area contributed by atoms with E-state index in [1.807, 2.05) is 0 Å². The summed E-state index contributed by atoms with van der Waals surface area (Å²) in [5, 5.41) is 0. The van der Waals surface area contributed by atoms with E-state index < -0.39 is 0 Å². The molecule has 0 saturated carbocycles. The van der Waals surface area contributed by atoms with Crippen molar-refractivity contribution in [2.24, 2.45) is 0 Å². The fraction of sp³-hybridized carbons (Fsp3) is 0.571. The first-order valence-corrected chi connectivity index (χ1v) is 6.24. The maximum Gasteiger partial charge on any atom is 0.0402 e. The highest BCUT2D eigenvalue weighted by atomic mass is 35.5. The Labute approximate surface area is 104 Å². The van der Waals surface area contributed by atoms with Crippen LogP contribution in [0.5, 0.6) is 0 Å². The van der Waals surface area contributed by atoms with Crippen LogP contribution in [0.4, 0.5) is 0 Å². The average Bonchev–Trinajstić information content (AvgIpc) is 2.23. The third-order valence-electron chi connectivity index (χ3n) is 3.40. The van der Waals surface area contributed by atoms with Crippen molar-refractivity contribution in [1.82, 2.24) is 4.90 Å². The molecule has 0 saturated heterocycles. The van der Waals surface area contributed by atoms with Gasteiger partial charge in [0.05, 0.1) is 0 Å². The van der Waals surface area contributed by atoms with Crippen molar-refractivity contribution in [3.8, 4) is 0 Å². The van der Waals surface area contributed by atoms with Crippen LogP contribution >= 0.6 is 11.6 Å². The van der Waals surface area contributed by atoms with Crippen LogP contribution in [-0.2, 0) is 6.54 Å². The van der Waals surface area contributed by atoms with Gasteiger partial charge in [0.25, 0.3) is 0 Å². The second kappa shape index (κ2) is 5.20. The third kappa shape index (κ3) is 2.99. The first-order valence-electron chi connectivity index (χ1n) is 5.71. The average molecular weight is 240 g/mol. The molecule has 1 nitrogen and oxygen atoms in total. The smallest absolute Gasteiger partial charge is 0.0402 e. The van der Waals surface area contributed by atoms with Crippen molar-refractivity contribution in [1.29, 1.82) is 0 Å². The zero-order valence-electron chi connectivity index (χ0n) is 11.0. The largest absolute Gasteiger partial charge is 0.296 e. The fourth-order valence-corrected chi connectivity index (χ4v) is 1.86. The van der Waals surface area contributed by atoms with Gasteiger partial charge in [-0.1, -0.05) is 18.2 Å². The highest BCUT2D eigenvalue weighted by Crippen LogP contribution is 2.21. The van der Waals surface area contributed by atoms with Crippen molar-refractivity contribution in [3.63, 3.8) is 0 Å². The molecule has 1 aromatic rings. The SMILES string of the molecule is Cc1cccc(C)c1CN(C)C(C)(C)CCl. The normalized spacial score (nSPS) is 12.2. The monoisotopic (exact) mass is 239 g/mol. The van der Waals surface area contributed by atoms with Gasteiger partial charge >= 0.3 is 0 Å².